The highest BCUT2D eigenvalue weighted by atomic mass is 35.5. The van der Waals surface area contributed by atoms with Crippen molar-refractivity contribution in [3.63, 3.8) is 0 Å². The average Bonchev–Trinajstić information content (AvgIpc) is 2.92. The molecule has 4 heteroatoms. The van der Waals surface area contributed by atoms with Crippen LogP contribution >= 0.6 is 23.2 Å². The SMILES string of the molecule is O=C(C1=Cc2ccccc2C12CCNCC2)c1ccc(Cl)c(Cl)c1. The van der Waals surface area contributed by atoms with Crippen molar-refractivity contribution in [3.05, 3.63) is 74.8 Å². The van der Waals surface area contributed by atoms with Gasteiger partial charge in [-0.2, -0.15) is 0 Å². The summed E-state index contributed by atoms with van der Waals surface area (Å²) in [4.78, 5) is 13.3. The third kappa shape index (κ3) is 2.41. The fourth-order valence-electron chi connectivity index (χ4n) is 3.97. The van der Waals surface area contributed by atoms with Crippen LogP contribution in [0.4, 0.5) is 0 Å². The molecule has 0 amide bonds. The molecular weight excluding hydrogens is 341 g/mol. The summed E-state index contributed by atoms with van der Waals surface area (Å²) in [6.45, 7) is 1.83. The van der Waals surface area contributed by atoms with Crippen molar-refractivity contribution in [2.24, 2.45) is 0 Å². The first-order chi connectivity index (χ1) is 11.6. The minimum Gasteiger partial charge on any atom is -0.317 e. The van der Waals surface area contributed by atoms with Crippen molar-refractivity contribution in [3.8, 4) is 0 Å². The van der Waals surface area contributed by atoms with Gasteiger partial charge in [0, 0.05) is 16.6 Å². The van der Waals surface area contributed by atoms with Crippen LogP contribution in [0.15, 0.2) is 48.0 Å². The van der Waals surface area contributed by atoms with Crippen molar-refractivity contribution < 1.29 is 4.79 Å². The van der Waals surface area contributed by atoms with Crippen LogP contribution in [-0.4, -0.2) is 18.9 Å². The molecule has 122 valence electrons. The van der Waals surface area contributed by atoms with E-state index in [2.05, 4.69) is 29.6 Å². The number of hydrogen-bond acceptors (Lipinski definition) is 2. The number of hydrogen-bond donors (Lipinski definition) is 1. The Kier molecular flexibility index (Phi) is 4.00. The smallest absolute Gasteiger partial charge is 0.189 e. The van der Waals surface area contributed by atoms with Gasteiger partial charge in [-0.1, -0.05) is 47.5 Å². The van der Waals surface area contributed by atoms with Crippen molar-refractivity contribution >= 4 is 35.1 Å². The van der Waals surface area contributed by atoms with E-state index in [1.165, 1.54) is 5.56 Å². The molecule has 0 aromatic heterocycles. The maximum absolute atomic E-state index is 13.3. The summed E-state index contributed by atoms with van der Waals surface area (Å²) in [7, 11) is 0. The molecule has 2 aromatic carbocycles. The predicted octanol–water partition coefficient (Wildman–Crippen LogP) is 4.89. The first-order valence-electron chi connectivity index (χ1n) is 8.14. The topological polar surface area (TPSA) is 29.1 Å². The number of fused-ring (bicyclic) bond motifs is 2. The van der Waals surface area contributed by atoms with Crippen LogP contribution in [-0.2, 0) is 5.41 Å². The first-order valence-corrected chi connectivity index (χ1v) is 8.89. The van der Waals surface area contributed by atoms with Gasteiger partial charge in [0.05, 0.1) is 10.0 Å². The molecule has 4 rings (SSSR count). The van der Waals surface area contributed by atoms with Crippen molar-refractivity contribution in [1.82, 2.24) is 5.32 Å². The molecule has 0 radical (unpaired) electrons. The van der Waals surface area contributed by atoms with Crippen LogP contribution < -0.4 is 5.32 Å². The van der Waals surface area contributed by atoms with Gasteiger partial charge in [-0.25, -0.2) is 0 Å². The zero-order chi connectivity index (χ0) is 16.7. The second-order valence-electron chi connectivity index (χ2n) is 6.44. The van der Waals surface area contributed by atoms with Crippen LogP contribution in [0.3, 0.4) is 0 Å². The zero-order valence-electron chi connectivity index (χ0n) is 13.1. The minimum atomic E-state index is -0.189. The van der Waals surface area contributed by atoms with Crippen molar-refractivity contribution in [1.29, 1.82) is 0 Å². The second-order valence-corrected chi connectivity index (χ2v) is 7.25. The summed E-state index contributed by atoms with van der Waals surface area (Å²) < 4.78 is 0. The summed E-state index contributed by atoms with van der Waals surface area (Å²) in [5, 5.41) is 4.29. The number of rotatable bonds is 2. The zero-order valence-corrected chi connectivity index (χ0v) is 14.6. The molecule has 1 spiro atoms. The molecule has 24 heavy (non-hydrogen) atoms. The molecule has 0 bridgehead atoms. The number of nitrogens with one attached hydrogen (secondary N) is 1. The van der Waals surface area contributed by atoms with E-state index in [0.29, 0.717) is 15.6 Å². The van der Waals surface area contributed by atoms with E-state index in [0.717, 1.165) is 37.1 Å². The van der Waals surface area contributed by atoms with Gasteiger partial charge in [0.2, 0.25) is 0 Å². The molecule has 2 aromatic rings. The van der Waals surface area contributed by atoms with Gasteiger partial charge in [-0.15, -0.1) is 0 Å². The summed E-state index contributed by atoms with van der Waals surface area (Å²) in [5.74, 6) is 0.0478. The molecule has 2 aliphatic rings. The number of halogens is 2. The molecule has 1 N–H and O–H groups in total. The van der Waals surface area contributed by atoms with Gasteiger partial charge in [-0.3, -0.25) is 4.79 Å². The van der Waals surface area contributed by atoms with Gasteiger partial charge in [0.1, 0.15) is 0 Å². The molecule has 1 aliphatic heterocycles. The third-order valence-electron chi connectivity index (χ3n) is 5.18. The Balaban J connectivity index is 1.81. The Morgan fingerprint density at radius 2 is 1.75 bits per heavy atom. The maximum atomic E-state index is 13.3. The Hall–Kier alpha value is -1.61. The van der Waals surface area contributed by atoms with Crippen molar-refractivity contribution in [2.75, 3.05) is 13.1 Å². The predicted molar refractivity (Wildman–Crippen MR) is 99.0 cm³/mol. The Morgan fingerprint density at radius 3 is 2.50 bits per heavy atom. The number of benzene rings is 2. The largest absolute Gasteiger partial charge is 0.317 e. The second kappa shape index (κ2) is 6.03. The van der Waals surface area contributed by atoms with E-state index in [4.69, 9.17) is 23.2 Å². The maximum Gasteiger partial charge on any atom is 0.189 e. The van der Waals surface area contributed by atoms with E-state index >= 15 is 0 Å². The van der Waals surface area contributed by atoms with E-state index in [-0.39, 0.29) is 11.2 Å². The highest BCUT2D eigenvalue weighted by Crippen LogP contribution is 2.48. The van der Waals surface area contributed by atoms with Gasteiger partial charge in [0.25, 0.3) is 0 Å². The Labute approximate surface area is 151 Å². The highest BCUT2D eigenvalue weighted by molar-refractivity contribution is 6.42. The lowest BCUT2D eigenvalue weighted by atomic mass is 9.69. The van der Waals surface area contributed by atoms with E-state index < -0.39 is 0 Å². The molecule has 1 saturated heterocycles. The standard InChI is InChI=1S/C20H17Cl2NO/c21-17-6-5-14(12-18(17)22)19(24)16-11-13-3-1-2-4-15(13)20(16)7-9-23-10-8-20/h1-6,11-12,23H,7-10H2. The van der Waals surface area contributed by atoms with Crippen LogP contribution in [0.1, 0.15) is 34.3 Å². The average molecular weight is 358 g/mol. The van der Waals surface area contributed by atoms with E-state index in [9.17, 15) is 4.79 Å². The lowest BCUT2D eigenvalue weighted by Gasteiger charge is -2.37. The van der Waals surface area contributed by atoms with Crippen molar-refractivity contribution in [2.45, 2.75) is 18.3 Å². The number of carbonyl (C=O) groups is 1. The number of allylic oxidation sites excluding steroid dienone is 1. The normalized spacial score (nSPS) is 18.3. The number of Topliss-reactive ketones (excluding diaryl/α,β-unsaturated/α-hetero) is 1. The lowest BCUT2D eigenvalue weighted by Crippen LogP contribution is -2.41. The summed E-state index contributed by atoms with van der Waals surface area (Å²) in [6.07, 6.45) is 3.93. The van der Waals surface area contributed by atoms with Gasteiger partial charge in [0.15, 0.2) is 5.78 Å². The summed E-state index contributed by atoms with van der Waals surface area (Å²) >= 11 is 12.1. The summed E-state index contributed by atoms with van der Waals surface area (Å²) in [6, 6.07) is 13.5. The van der Waals surface area contributed by atoms with E-state index in [1.807, 2.05) is 6.07 Å². The van der Waals surface area contributed by atoms with Crippen LogP contribution in [0.25, 0.3) is 6.08 Å². The molecule has 0 unspecified atom stereocenters. The Bertz CT molecular complexity index is 850. The third-order valence-corrected chi connectivity index (χ3v) is 5.91. The van der Waals surface area contributed by atoms with E-state index in [1.54, 1.807) is 18.2 Å². The molecule has 1 heterocycles. The lowest BCUT2D eigenvalue weighted by molar-refractivity contribution is 0.101. The fraction of sp³-hybridized carbons (Fsp3) is 0.250. The monoisotopic (exact) mass is 357 g/mol. The molecule has 1 fully saturated rings. The molecule has 1 aliphatic carbocycles. The van der Waals surface area contributed by atoms with Crippen LogP contribution in [0.2, 0.25) is 10.0 Å². The molecule has 2 nitrogen and oxygen atoms in total. The number of piperidine rings is 1. The van der Waals surface area contributed by atoms with Gasteiger partial charge in [-0.05, 0) is 61.3 Å². The van der Waals surface area contributed by atoms with Crippen LogP contribution in [0.5, 0.6) is 0 Å². The fourth-order valence-corrected chi connectivity index (χ4v) is 4.26. The molecular formula is C20H17Cl2NO. The number of ketones is 1. The van der Waals surface area contributed by atoms with Crippen LogP contribution in [0, 0.1) is 0 Å². The van der Waals surface area contributed by atoms with Gasteiger partial charge < -0.3 is 5.32 Å². The number of carbonyl (C=O) groups excluding carboxylic acids is 1. The quantitative estimate of drug-likeness (QED) is 0.774. The molecule has 0 saturated carbocycles. The molecule has 0 atom stereocenters. The summed E-state index contributed by atoms with van der Waals surface area (Å²) in [5.41, 5.74) is 3.72. The minimum absolute atomic E-state index is 0.0478. The van der Waals surface area contributed by atoms with Gasteiger partial charge >= 0.3 is 0 Å². The first kappa shape index (κ1) is 15.9. The highest BCUT2D eigenvalue weighted by Gasteiger charge is 2.45. The Morgan fingerprint density at radius 1 is 1.00 bits per heavy atom.